The van der Waals surface area contributed by atoms with E-state index in [2.05, 4.69) is 0 Å². The standard InChI is InChI=1S/C17H31NO3/c1-4-5-11-14(19)16(12(2)3)21-17(20)15(18)13-9-7-6-8-10-13/h12-13,15-16H,4-11,18H2,1-3H3/t15?,16-/m1/s1. The summed E-state index contributed by atoms with van der Waals surface area (Å²) in [4.78, 5) is 24.4. The Kier molecular flexibility index (Phi) is 7.94. The van der Waals surface area contributed by atoms with E-state index in [1.807, 2.05) is 20.8 Å². The molecule has 4 nitrogen and oxygen atoms in total. The van der Waals surface area contributed by atoms with Crippen LogP contribution < -0.4 is 5.73 Å². The van der Waals surface area contributed by atoms with Crippen molar-refractivity contribution in [3.8, 4) is 0 Å². The van der Waals surface area contributed by atoms with Crippen molar-refractivity contribution >= 4 is 11.8 Å². The Bertz CT molecular complexity index is 335. The molecule has 0 bridgehead atoms. The van der Waals surface area contributed by atoms with Crippen LogP contribution in [-0.4, -0.2) is 23.9 Å². The van der Waals surface area contributed by atoms with Crippen molar-refractivity contribution in [1.82, 2.24) is 0 Å². The van der Waals surface area contributed by atoms with Gasteiger partial charge in [0.2, 0.25) is 0 Å². The first-order chi connectivity index (χ1) is 9.97. The number of Topliss-reactive ketones (excluding diaryl/α,β-unsaturated/α-hetero) is 1. The van der Waals surface area contributed by atoms with E-state index in [4.69, 9.17) is 10.5 Å². The number of hydrogen-bond acceptors (Lipinski definition) is 4. The van der Waals surface area contributed by atoms with Gasteiger partial charge in [-0.3, -0.25) is 9.59 Å². The Morgan fingerprint density at radius 1 is 1.19 bits per heavy atom. The number of rotatable bonds is 8. The highest BCUT2D eigenvalue weighted by Gasteiger charge is 2.32. The van der Waals surface area contributed by atoms with Crippen LogP contribution in [0.1, 0.15) is 72.1 Å². The fourth-order valence-corrected chi connectivity index (χ4v) is 2.96. The van der Waals surface area contributed by atoms with E-state index in [-0.39, 0.29) is 17.6 Å². The van der Waals surface area contributed by atoms with Crippen LogP contribution in [0, 0.1) is 11.8 Å². The van der Waals surface area contributed by atoms with Crippen LogP contribution in [0.3, 0.4) is 0 Å². The van der Waals surface area contributed by atoms with Crippen LogP contribution in [0.5, 0.6) is 0 Å². The zero-order valence-electron chi connectivity index (χ0n) is 13.8. The molecule has 0 aromatic carbocycles. The van der Waals surface area contributed by atoms with Gasteiger partial charge in [-0.25, -0.2) is 0 Å². The van der Waals surface area contributed by atoms with Gasteiger partial charge in [-0.2, -0.15) is 0 Å². The third-order valence-electron chi connectivity index (χ3n) is 4.37. The highest BCUT2D eigenvalue weighted by atomic mass is 16.5. The van der Waals surface area contributed by atoms with Gasteiger partial charge in [-0.05, 0) is 31.1 Å². The molecule has 0 radical (unpaired) electrons. The fourth-order valence-electron chi connectivity index (χ4n) is 2.96. The maximum absolute atomic E-state index is 12.2. The number of nitrogens with two attached hydrogens (primary N) is 1. The van der Waals surface area contributed by atoms with Crippen molar-refractivity contribution in [3.63, 3.8) is 0 Å². The van der Waals surface area contributed by atoms with Crippen molar-refractivity contribution in [2.24, 2.45) is 17.6 Å². The van der Waals surface area contributed by atoms with Crippen molar-refractivity contribution in [2.45, 2.75) is 84.3 Å². The lowest BCUT2D eigenvalue weighted by molar-refractivity contribution is -0.160. The molecule has 2 atom stereocenters. The van der Waals surface area contributed by atoms with Gasteiger partial charge < -0.3 is 10.5 Å². The molecule has 1 rings (SSSR count). The summed E-state index contributed by atoms with van der Waals surface area (Å²) >= 11 is 0. The lowest BCUT2D eigenvalue weighted by Crippen LogP contribution is -2.44. The third-order valence-corrected chi connectivity index (χ3v) is 4.37. The molecule has 122 valence electrons. The van der Waals surface area contributed by atoms with Gasteiger partial charge >= 0.3 is 5.97 Å². The van der Waals surface area contributed by atoms with E-state index in [0.717, 1.165) is 38.5 Å². The van der Waals surface area contributed by atoms with Gasteiger partial charge in [0, 0.05) is 6.42 Å². The van der Waals surface area contributed by atoms with E-state index in [1.54, 1.807) is 0 Å². The molecule has 1 aliphatic rings. The van der Waals surface area contributed by atoms with Gasteiger partial charge in [0.05, 0.1) is 0 Å². The fraction of sp³-hybridized carbons (Fsp3) is 0.882. The number of unbranched alkanes of at least 4 members (excludes halogenated alkanes) is 1. The minimum Gasteiger partial charge on any atom is -0.453 e. The SMILES string of the molecule is CCCCC(=O)[C@H](OC(=O)C(N)C1CCCCC1)C(C)C. The number of ketones is 1. The Morgan fingerprint density at radius 3 is 2.33 bits per heavy atom. The zero-order chi connectivity index (χ0) is 15.8. The monoisotopic (exact) mass is 297 g/mol. The predicted molar refractivity (Wildman–Crippen MR) is 83.8 cm³/mol. The van der Waals surface area contributed by atoms with Crippen LogP contribution >= 0.6 is 0 Å². The molecule has 1 aliphatic carbocycles. The summed E-state index contributed by atoms with van der Waals surface area (Å²) in [7, 11) is 0. The molecule has 1 unspecified atom stereocenters. The Labute approximate surface area is 128 Å². The lowest BCUT2D eigenvalue weighted by Gasteiger charge is -2.28. The second-order valence-electron chi connectivity index (χ2n) is 6.60. The molecule has 0 aromatic heterocycles. The van der Waals surface area contributed by atoms with Crippen molar-refractivity contribution < 1.29 is 14.3 Å². The normalized spacial score (nSPS) is 19.3. The van der Waals surface area contributed by atoms with Crippen molar-refractivity contribution in [1.29, 1.82) is 0 Å². The number of esters is 1. The largest absolute Gasteiger partial charge is 0.453 e. The molecule has 1 saturated carbocycles. The molecule has 1 fully saturated rings. The lowest BCUT2D eigenvalue weighted by atomic mass is 9.84. The second kappa shape index (κ2) is 9.19. The van der Waals surface area contributed by atoms with Crippen LogP contribution in [0.15, 0.2) is 0 Å². The maximum atomic E-state index is 12.2. The molecule has 4 heteroatoms. The molecule has 0 amide bonds. The van der Waals surface area contributed by atoms with Gasteiger partial charge in [0.25, 0.3) is 0 Å². The molecular weight excluding hydrogens is 266 g/mol. The zero-order valence-corrected chi connectivity index (χ0v) is 13.8. The Hall–Kier alpha value is -0.900. The van der Waals surface area contributed by atoms with Crippen molar-refractivity contribution in [3.05, 3.63) is 0 Å². The summed E-state index contributed by atoms with van der Waals surface area (Å²) in [5, 5.41) is 0. The highest BCUT2D eigenvalue weighted by molar-refractivity contribution is 5.86. The first-order valence-corrected chi connectivity index (χ1v) is 8.46. The molecule has 0 saturated heterocycles. The summed E-state index contributed by atoms with van der Waals surface area (Å²) in [6.07, 6.45) is 7.12. The maximum Gasteiger partial charge on any atom is 0.323 e. The highest BCUT2D eigenvalue weighted by Crippen LogP contribution is 2.26. The minimum absolute atomic E-state index is 0.00291. The van der Waals surface area contributed by atoms with E-state index in [9.17, 15) is 9.59 Å². The average molecular weight is 297 g/mol. The average Bonchev–Trinajstić information content (AvgIpc) is 2.49. The molecule has 0 heterocycles. The first kappa shape index (κ1) is 18.1. The smallest absolute Gasteiger partial charge is 0.323 e. The van der Waals surface area contributed by atoms with E-state index >= 15 is 0 Å². The molecule has 0 aromatic rings. The van der Waals surface area contributed by atoms with Gasteiger partial charge in [-0.1, -0.05) is 46.5 Å². The quantitative estimate of drug-likeness (QED) is 0.698. The van der Waals surface area contributed by atoms with Gasteiger partial charge in [0.1, 0.15) is 6.04 Å². The molecule has 0 spiro atoms. The molecule has 21 heavy (non-hydrogen) atoms. The first-order valence-electron chi connectivity index (χ1n) is 8.46. The number of carbonyl (C=O) groups excluding carboxylic acids is 2. The van der Waals surface area contributed by atoms with E-state index in [1.165, 1.54) is 6.42 Å². The van der Waals surface area contributed by atoms with E-state index in [0.29, 0.717) is 6.42 Å². The summed E-state index contributed by atoms with van der Waals surface area (Å²) < 4.78 is 5.47. The van der Waals surface area contributed by atoms with Crippen molar-refractivity contribution in [2.75, 3.05) is 0 Å². The van der Waals surface area contributed by atoms with Crippen LogP contribution in [-0.2, 0) is 14.3 Å². The van der Waals surface area contributed by atoms with Crippen LogP contribution in [0.25, 0.3) is 0 Å². The topological polar surface area (TPSA) is 69.4 Å². The van der Waals surface area contributed by atoms with Crippen LogP contribution in [0.4, 0.5) is 0 Å². The number of carbonyl (C=O) groups is 2. The Balaban J connectivity index is 2.56. The van der Waals surface area contributed by atoms with Gasteiger partial charge in [0.15, 0.2) is 11.9 Å². The Morgan fingerprint density at radius 2 is 1.81 bits per heavy atom. The third kappa shape index (κ3) is 5.77. The number of ether oxygens (including phenoxy) is 1. The summed E-state index contributed by atoms with van der Waals surface area (Å²) in [5.41, 5.74) is 6.05. The van der Waals surface area contributed by atoms with Gasteiger partial charge in [-0.15, -0.1) is 0 Å². The summed E-state index contributed by atoms with van der Waals surface area (Å²) in [6.45, 7) is 5.87. The molecular formula is C17H31NO3. The minimum atomic E-state index is -0.640. The summed E-state index contributed by atoms with van der Waals surface area (Å²) in [6, 6.07) is -0.578. The van der Waals surface area contributed by atoms with E-state index < -0.39 is 18.1 Å². The van der Waals surface area contributed by atoms with Crippen LogP contribution in [0.2, 0.25) is 0 Å². The predicted octanol–water partition coefficient (Wildman–Crippen LogP) is 3.22. The second-order valence-corrected chi connectivity index (χ2v) is 6.60. The number of hydrogen-bond donors (Lipinski definition) is 1. The molecule has 0 aliphatic heterocycles. The summed E-state index contributed by atoms with van der Waals surface area (Å²) in [5.74, 6) is -0.164. The molecule has 2 N–H and O–H groups in total.